The monoisotopic (exact) mass is 411 g/mol. The first-order valence-electron chi connectivity index (χ1n) is 9.20. The van der Waals surface area contributed by atoms with Gasteiger partial charge in [-0.3, -0.25) is 4.99 Å². The predicted molar refractivity (Wildman–Crippen MR) is 115 cm³/mol. The van der Waals surface area contributed by atoms with Crippen LogP contribution in [-0.2, 0) is 22.9 Å². The Labute approximate surface area is 171 Å². The number of hydrogen-bond acceptors (Lipinski definition) is 4. The number of aliphatic imine (C=N–C) groups is 1. The van der Waals surface area contributed by atoms with Crippen molar-refractivity contribution in [2.24, 2.45) is 4.99 Å². The van der Waals surface area contributed by atoms with Gasteiger partial charge < -0.3 is 10.6 Å². The van der Waals surface area contributed by atoms with E-state index in [1.807, 2.05) is 53.3 Å². The fraction of sp³-hybridized carbons (Fsp3) is 0.238. The molecule has 3 rings (SSSR count). The summed E-state index contributed by atoms with van der Waals surface area (Å²) < 4.78 is 25.3. The van der Waals surface area contributed by atoms with Crippen LogP contribution in [0.5, 0.6) is 0 Å². The van der Waals surface area contributed by atoms with Gasteiger partial charge in [0, 0.05) is 38.8 Å². The third-order valence-electron chi connectivity index (χ3n) is 4.49. The highest BCUT2D eigenvalue weighted by molar-refractivity contribution is 7.90. The SMILES string of the molecule is CN=C(NCc1ccc(-n2cccn2)cc1)NCc1ccc(S(C)(=O)=O)c(C)c1. The van der Waals surface area contributed by atoms with Crippen molar-refractivity contribution >= 4 is 15.8 Å². The van der Waals surface area contributed by atoms with E-state index in [4.69, 9.17) is 0 Å². The molecule has 3 aromatic rings. The van der Waals surface area contributed by atoms with Crippen molar-refractivity contribution < 1.29 is 8.42 Å². The van der Waals surface area contributed by atoms with Gasteiger partial charge in [-0.05, 0) is 47.9 Å². The molecule has 0 aliphatic rings. The van der Waals surface area contributed by atoms with Crippen LogP contribution in [0.1, 0.15) is 16.7 Å². The molecule has 0 saturated heterocycles. The minimum atomic E-state index is -3.20. The fourth-order valence-electron chi connectivity index (χ4n) is 3.02. The molecular weight excluding hydrogens is 386 g/mol. The topological polar surface area (TPSA) is 88.4 Å². The maximum absolute atomic E-state index is 11.7. The van der Waals surface area contributed by atoms with Crippen molar-refractivity contribution in [3.63, 3.8) is 0 Å². The molecule has 0 unspecified atom stereocenters. The summed E-state index contributed by atoms with van der Waals surface area (Å²) >= 11 is 0. The number of nitrogens with zero attached hydrogens (tertiary/aromatic N) is 3. The van der Waals surface area contributed by atoms with E-state index in [1.165, 1.54) is 6.26 Å². The van der Waals surface area contributed by atoms with Crippen molar-refractivity contribution in [1.82, 2.24) is 20.4 Å². The maximum atomic E-state index is 11.7. The Bertz CT molecular complexity index is 1090. The summed E-state index contributed by atoms with van der Waals surface area (Å²) in [6.45, 7) is 2.98. The molecule has 152 valence electrons. The third-order valence-corrected chi connectivity index (χ3v) is 5.74. The maximum Gasteiger partial charge on any atom is 0.191 e. The molecule has 0 aliphatic heterocycles. The molecule has 2 N–H and O–H groups in total. The van der Waals surface area contributed by atoms with Crippen molar-refractivity contribution in [1.29, 1.82) is 0 Å². The van der Waals surface area contributed by atoms with E-state index < -0.39 is 9.84 Å². The summed E-state index contributed by atoms with van der Waals surface area (Å²) in [6, 6.07) is 15.4. The standard InChI is InChI=1S/C21H25N5O2S/c1-16-13-18(7-10-20(16)29(3,27)28)15-24-21(22-2)23-14-17-5-8-19(9-6-17)26-12-4-11-25-26/h4-13H,14-15H2,1-3H3,(H2,22,23,24). The van der Waals surface area contributed by atoms with Crippen LogP contribution in [0.25, 0.3) is 5.69 Å². The van der Waals surface area contributed by atoms with Crippen LogP contribution in [0.2, 0.25) is 0 Å². The number of sulfone groups is 1. The molecule has 0 amide bonds. The number of benzene rings is 2. The summed E-state index contributed by atoms with van der Waals surface area (Å²) in [5.74, 6) is 0.672. The van der Waals surface area contributed by atoms with Crippen molar-refractivity contribution in [3.05, 3.63) is 77.6 Å². The first-order chi connectivity index (χ1) is 13.9. The van der Waals surface area contributed by atoms with Crippen LogP contribution in [0, 0.1) is 6.92 Å². The van der Waals surface area contributed by atoms with E-state index >= 15 is 0 Å². The molecule has 0 spiro atoms. The molecule has 29 heavy (non-hydrogen) atoms. The lowest BCUT2D eigenvalue weighted by molar-refractivity contribution is 0.601. The molecule has 7 nitrogen and oxygen atoms in total. The largest absolute Gasteiger partial charge is 0.352 e. The van der Waals surface area contributed by atoms with Gasteiger partial charge in [0.25, 0.3) is 0 Å². The Balaban J connectivity index is 1.55. The first-order valence-corrected chi connectivity index (χ1v) is 11.1. The van der Waals surface area contributed by atoms with Gasteiger partial charge in [-0.1, -0.05) is 24.3 Å². The van der Waals surface area contributed by atoms with Crippen molar-refractivity contribution in [3.8, 4) is 5.69 Å². The zero-order valence-electron chi connectivity index (χ0n) is 16.8. The molecular formula is C21H25N5O2S. The quantitative estimate of drug-likeness (QED) is 0.480. The Morgan fingerprint density at radius 1 is 1.07 bits per heavy atom. The van der Waals surface area contributed by atoms with Gasteiger partial charge in [0.2, 0.25) is 0 Å². The van der Waals surface area contributed by atoms with Gasteiger partial charge in [0.1, 0.15) is 0 Å². The molecule has 8 heteroatoms. The fourth-order valence-corrected chi connectivity index (χ4v) is 3.98. The van der Waals surface area contributed by atoms with Crippen molar-refractivity contribution in [2.45, 2.75) is 24.9 Å². The van der Waals surface area contributed by atoms with Crippen LogP contribution >= 0.6 is 0 Å². The summed E-state index contributed by atoms with van der Waals surface area (Å²) in [5, 5.41) is 10.8. The summed E-state index contributed by atoms with van der Waals surface area (Å²) in [7, 11) is -1.49. The Morgan fingerprint density at radius 3 is 2.28 bits per heavy atom. The zero-order chi connectivity index (χ0) is 20.9. The van der Waals surface area contributed by atoms with Gasteiger partial charge >= 0.3 is 0 Å². The average Bonchev–Trinajstić information content (AvgIpc) is 3.22. The second kappa shape index (κ2) is 8.91. The first kappa shape index (κ1) is 20.6. The van der Waals surface area contributed by atoms with E-state index in [1.54, 1.807) is 26.2 Å². The van der Waals surface area contributed by atoms with Crippen LogP contribution in [0.15, 0.2) is 70.8 Å². The summed E-state index contributed by atoms with van der Waals surface area (Å²) in [6.07, 6.45) is 4.88. The lowest BCUT2D eigenvalue weighted by Crippen LogP contribution is -2.36. The molecule has 0 radical (unpaired) electrons. The van der Waals surface area contributed by atoms with Gasteiger partial charge in [-0.25, -0.2) is 13.1 Å². The van der Waals surface area contributed by atoms with Crippen LogP contribution in [0.4, 0.5) is 0 Å². The Hall–Kier alpha value is -3.13. The molecule has 0 fully saturated rings. The molecule has 1 heterocycles. The lowest BCUT2D eigenvalue weighted by Gasteiger charge is -2.13. The highest BCUT2D eigenvalue weighted by Crippen LogP contribution is 2.16. The summed E-state index contributed by atoms with van der Waals surface area (Å²) in [5.41, 5.74) is 3.86. The Kier molecular flexibility index (Phi) is 6.33. The summed E-state index contributed by atoms with van der Waals surface area (Å²) in [4.78, 5) is 4.60. The van der Waals surface area contributed by atoms with E-state index in [-0.39, 0.29) is 0 Å². The predicted octanol–water partition coefficient (Wildman–Crippen LogP) is 2.45. The molecule has 0 bridgehead atoms. The number of aromatic nitrogens is 2. The second-order valence-electron chi connectivity index (χ2n) is 6.77. The van der Waals surface area contributed by atoms with Gasteiger partial charge in [0.15, 0.2) is 15.8 Å². The van der Waals surface area contributed by atoms with Gasteiger partial charge in [-0.2, -0.15) is 5.10 Å². The number of aryl methyl sites for hydroxylation is 1. The number of guanidine groups is 1. The van der Waals surface area contributed by atoms with Crippen LogP contribution in [-0.4, -0.2) is 37.5 Å². The lowest BCUT2D eigenvalue weighted by atomic mass is 10.1. The minimum absolute atomic E-state index is 0.363. The van der Waals surface area contributed by atoms with Crippen LogP contribution in [0.3, 0.4) is 0 Å². The van der Waals surface area contributed by atoms with E-state index in [2.05, 4.69) is 20.7 Å². The molecule has 2 aromatic carbocycles. The molecule has 0 saturated carbocycles. The van der Waals surface area contributed by atoms with E-state index in [0.717, 1.165) is 22.4 Å². The molecule has 1 aromatic heterocycles. The molecule has 0 aliphatic carbocycles. The third kappa shape index (κ3) is 5.45. The van der Waals surface area contributed by atoms with Gasteiger partial charge in [0.05, 0.1) is 10.6 Å². The highest BCUT2D eigenvalue weighted by atomic mass is 32.2. The number of nitrogens with one attached hydrogen (secondary N) is 2. The smallest absolute Gasteiger partial charge is 0.191 e. The zero-order valence-corrected chi connectivity index (χ0v) is 17.6. The van der Waals surface area contributed by atoms with E-state index in [9.17, 15) is 8.42 Å². The Morgan fingerprint density at radius 2 is 1.72 bits per heavy atom. The average molecular weight is 412 g/mol. The number of hydrogen-bond donors (Lipinski definition) is 2. The highest BCUT2D eigenvalue weighted by Gasteiger charge is 2.11. The van der Waals surface area contributed by atoms with Crippen molar-refractivity contribution in [2.75, 3.05) is 13.3 Å². The van der Waals surface area contributed by atoms with Gasteiger partial charge in [-0.15, -0.1) is 0 Å². The normalized spacial score (nSPS) is 12.0. The van der Waals surface area contributed by atoms with E-state index in [0.29, 0.717) is 23.9 Å². The number of rotatable bonds is 6. The van der Waals surface area contributed by atoms with Crippen LogP contribution < -0.4 is 10.6 Å². The molecule has 0 atom stereocenters. The second-order valence-corrected chi connectivity index (χ2v) is 8.75. The minimum Gasteiger partial charge on any atom is -0.352 e.